The Labute approximate surface area is 111 Å². The van der Waals surface area contributed by atoms with Gasteiger partial charge in [-0.3, -0.25) is 0 Å². The van der Waals surface area contributed by atoms with Gasteiger partial charge in [0.05, 0.1) is 12.2 Å². The van der Waals surface area contributed by atoms with Crippen molar-refractivity contribution in [3.8, 4) is 0 Å². The van der Waals surface area contributed by atoms with E-state index in [2.05, 4.69) is 5.32 Å². The van der Waals surface area contributed by atoms with Gasteiger partial charge >= 0.3 is 5.97 Å². The van der Waals surface area contributed by atoms with Crippen LogP contribution in [0, 0.1) is 0 Å². The Bertz CT molecular complexity index is 470. The maximum absolute atomic E-state index is 10.9. The van der Waals surface area contributed by atoms with Crippen molar-refractivity contribution < 1.29 is 19.4 Å². The highest BCUT2D eigenvalue weighted by molar-refractivity contribution is 5.94. The number of nitrogens with two attached hydrogens (primary N) is 1. The summed E-state index contributed by atoms with van der Waals surface area (Å²) in [4.78, 5) is 10.9. The van der Waals surface area contributed by atoms with E-state index in [4.69, 9.17) is 20.3 Å². The third-order valence-electron chi connectivity index (χ3n) is 3.40. The van der Waals surface area contributed by atoms with Gasteiger partial charge in [0.25, 0.3) is 0 Å². The van der Waals surface area contributed by atoms with Gasteiger partial charge in [-0.15, -0.1) is 0 Å². The van der Waals surface area contributed by atoms with Crippen LogP contribution in [0.2, 0.25) is 0 Å². The molecule has 6 nitrogen and oxygen atoms in total. The molecule has 1 aromatic carbocycles. The molecule has 0 spiro atoms. The second-order valence-electron chi connectivity index (χ2n) is 4.65. The van der Waals surface area contributed by atoms with Crippen molar-refractivity contribution in [3.63, 3.8) is 0 Å². The van der Waals surface area contributed by atoms with Crippen LogP contribution in [0.5, 0.6) is 0 Å². The van der Waals surface area contributed by atoms with Crippen molar-refractivity contribution in [2.75, 3.05) is 37.9 Å². The highest BCUT2D eigenvalue weighted by Gasteiger charge is 2.34. The Kier molecular flexibility index (Phi) is 3.92. The molecular weight excluding hydrogens is 248 g/mol. The van der Waals surface area contributed by atoms with E-state index in [1.54, 1.807) is 19.2 Å². The molecule has 1 aliphatic heterocycles. The molecule has 0 aromatic heterocycles. The lowest BCUT2D eigenvalue weighted by molar-refractivity contribution is -0.00620. The largest absolute Gasteiger partial charge is 0.478 e. The predicted octanol–water partition coefficient (Wildman–Crippen LogP) is 1.18. The van der Waals surface area contributed by atoms with Gasteiger partial charge in [0.15, 0.2) is 0 Å². The fraction of sp³-hybridized carbons (Fsp3) is 0.462. The first-order valence-electron chi connectivity index (χ1n) is 6.06. The average molecular weight is 266 g/mol. The number of methoxy groups -OCH3 is 1. The van der Waals surface area contributed by atoms with Crippen molar-refractivity contribution in [1.82, 2.24) is 0 Å². The maximum Gasteiger partial charge on any atom is 0.337 e. The Morgan fingerprint density at radius 3 is 2.95 bits per heavy atom. The third kappa shape index (κ3) is 2.97. The number of carboxylic acid groups (broad SMARTS) is 1. The van der Waals surface area contributed by atoms with E-state index in [0.29, 0.717) is 19.8 Å². The van der Waals surface area contributed by atoms with Crippen molar-refractivity contribution in [3.05, 3.63) is 23.8 Å². The second kappa shape index (κ2) is 5.46. The molecule has 1 aromatic rings. The summed E-state index contributed by atoms with van der Waals surface area (Å²) in [7, 11) is 1.66. The molecule has 6 heteroatoms. The number of rotatable bonds is 5. The average Bonchev–Trinajstić information content (AvgIpc) is 2.85. The smallest absolute Gasteiger partial charge is 0.337 e. The highest BCUT2D eigenvalue weighted by Crippen LogP contribution is 2.24. The van der Waals surface area contributed by atoms with Crippen LogP contribution < -0.4 is 11.1 Å². The monoisotopic (exact) mass is 266 g/mol. The fourth-order valence-electron chi connectivity index (χ4n) is 2.09. The first-order valence-corrected chi connectivity index (χ1v) is 6.06. The first kappa shape index (κ1) is 13.6. The summed E-state index contributed by atoms with van der Waals surface area (Å²) in [6.07, 6.45) is 0.833. The second-order valence-corrected chi connectivity index (χ2v) is 4.65. The normalized spacial score (nSPS) is 22.4. The number of hydrogen-bond donors (Lipinski definition) is 3. The number of benzene rings is 1. The van der Waals surface area contributed by atoms with Crippen LogP contribution in [0.15, 0.2) is 18.2 Å². The number of ether oxygens (including phenoxy) is 2. The summed E-state index contributed by atoms with van der Waals surface area (Å²) in [6.45, 7) is 1.84. The molecule has 1 heterocycles. The van der Waals surface area contributed by atoms with Crippen LogP contribution in [0.4, 0.5) is 11.4 Å². The van der Waals surface area contributed by atoms with Gasteiger partial charge < -0.3 is 25.6 Å². The maximum atomic E-state index is 10.9. The van der Waals surface area contributed by atoms with Crippen LogP contribution in [-0.2, 0) is 9.47 Å². The number of nitrogens with one attached hydrogen (secondary N) is 1. The lowest BCUT2D eigenvalue weighted by Crippen LogP contribution is -2.39. The van der Waals surface area contributed by atoms with E-state index >= 15 is 0 Å². The van der Waals surface area contributed by atoms with E-state index in [1.165, 1.54) is 6.07 Å². The van der Waals surface area contributed by atoms with Gasteiger partial charge in [-0.05, 0) is 18.2 Å². The number of carbonyl (C=O) groups is 1. The van der Waals surface area contributed by atoms with Gasteiger partial charge in [-0.1, -0.05) is 0 Å². The summed E-state index contributed by atoms with van der Waals surface area (Å²) in [6, 6.07) is 4.80. The number of anilines is 2. The van der Waals surface area contributed by atoms with Crippen molar-refractivity contribution >= 4 is 17.3 Å². The molecule has 104 valence electrons. The van der Waals surface area contributed by atoms with Crippen molar-refractivity contribution in [2.24, 2.45) is 0 Å². The topological polar surface area (TPSA) is 93.8 Å². The Balaban J connectivity index is 2.03. The van der Waals surface area contributed by atoms with E-state index in [9.17, 15) is 4.79 Å². The zero-order valence-corrected chi connectivity index (χ0v) is 10.8. The van der Waals surface area contributed by atoms with E-state index in [0.717, 1.165) is 12.1 Å². The molecule has 1 atom stereocenters. The minimum atomic E-state index is -1.03. The zero-order chi connectivity index (χ0) is 13.9. The lowest BCUT2D eigenvalue weighted by atomic mass is 10.0. The Hall–Kier alpha value is -1.79. The molecule has 4 N–H and O–H groups in total. The summed E-state index contributed by atoms with van der Waals surface area (Å²) in [5.74, 6) is -1.03. The van der Waals surface area contributed by atoms with Crippen LogP contribution in [-0.4, -0.2) is 43.5 Å². The fourth-order valence-corrected chi connectivity index (χ4v) is 2.09. The SMILES string of the molecule is COC1(CNc2ccc(C(=O)O)c(N)c2)CCOC1. The van der Waals surface area contributed by atoms with E-state index < -0.39 is 5.97 Å². The summed E-state index contributed by atoms with van der Waals surface area (Å²) in [5.41, 5.74) is 6.49. The number of aromatic carboxylic acids is 1. The predicted molar refractivity (Wildman–Crippen MR) is 71.5 cm³/mol. The van der Waals surface area contributed by atoms with Crippen LogP contribution in [0.3, 0.4) is 0 Å². The molecule has 0 amide bonds. The number of carboxylic acids is 1. The quantitative estimate of drug-likeness (QED) is 0.693. The molecule has 1 saturated heterocycles. The molecule has 0 aliphatic carbocycles. The number of nitrogen functional groups attached to an aromatic ring is 1. The molecule has 19 heavy (non-hydrogen) atoms. The van der Waals surface area contributed by atoms with Gasteiger partial charge in [0.1, 0.15) is 5.60 Å². The summed E-state index contributed by atoms with van der Waals surface area (Å²) >= 11 is 0. The molecule has 2 rings (SSSR count). The zero-order valence-electron chi connectivity index (χ0n) is 10.8. The molecular formula is C13H18N2O4. The third-order valence-corrected chi connectivity index (χ3v) is 3.40. The Morgan fingerprint density at radius 2 is 2.42 bits per heavy atom. The molecule has 1 fully saturated rings. The van der Waals surface area contributed by atoms with Gasteiger partial charge in [0, 0.05) is 38.1 Å². The van der Waals surface area contributed by atoms with Crippen molar-refractivity contribution in [1.29, 1.82) is 0 Å². The van der Waals surface area contributed by atoms with E-state index in [-0.39, 0.29) is 16.9 Å². The van der Waals surface area contributed by atoms with Gasteiger partial charge in [-0.2, -0.15) is 0 Å². The van der Waals surface area contributed by atoms with Gasteiger partial charge in [-0.25, -0.2) is 4.79 Å². The minimum Gasteiger partial charge on any atom is -0.478 e. The lowest BCUT2D eigenvalue weighted by Gasteiger charge is -2.26. The van der Waals surface area contributed by atoms with Crippen molar-refractivity contribution in [2.45, 2.75) is 12.0 Å². The van der Waals surface area contributed by atoms with Gasteiger partial charge in [0.2, 0.25) is 0 Å². The van der Waals surface area contributed by atoms with Crippen LogP contribution >= 0.6 is 0 Å². The highest BCUT2D eigenvalue weighted by atomic mass is 16.5. The standard InChI is InChI=1S/C13H18N2O4/c1-18-13(4-5-19-8-13)7-15-9-2-3-10(12(16)17)11(14)6-9/h2-3,6,15H,4-5,7-8,14H2,1H3,(H,16,17). The summed E-state index contributed by atoms with van der Waals surface area (Å²) < 4.78 is 10.8. The Morgan fingerprint density at radius 1 is 1.63 bits per heavy atom. The minimum absolute atomic E-state index is 0.108. The summed E-state index contributed by atoms with van der Waals surface area (Å²) in [5, 5.41) is 12.1. The number of hydrogen-bond acceptors (Lipinski definition) is 5. The molecule has 1 aliphatic rings. The molecule has 0 saturated carbocycles. The van der Waals surface area contributed by atoms with Crippen LogP contribution in [0.1, 0.15) is 16.8 Å². The molecule has 0 bridgehead atoms. The molecule has 0 radical (unpaired) electrons. The molecule has 1 unspecified atom stereocenters. The first-order chi connectivity index (χ1) is 9.06. The van der Waals surface area contributed by atoms with Crippen LogP contribution in [0.25, 0.3) is 0 Å². The van der Waals surface area contributed by atoms with E-state index in [1.807, 2.05) is 0 Å².